The molecule has 1 aliphatic heterocycles. The van der Waals surface area contributed by atoms with Crippen LogP contribution in [-0.4, -0.2) is 28.8 Å². The molecule has 2 rings (SSSR count). The summed E-state index contributed by atoms with van der Waals surface area (Å²) in [6, 6.07) is 7.67. The largest absolute Gasteiger partial charge is 0.481 e. The van der Waals surface area contributed by atoms with Gasteiger partial charge in [-0.1, -0.05) is 26.0 Å². The minimum absolute atomic E-state index is 0.0933. The van der Waals surface area contributed by atoms with Gasteiger partial charge in [-0.15, -0.1) is 11.8 Å². The number of aliphatic carboxylic acids is 1. The average Bonchev–Trinajstić information content (AvgIpc) is 2.71. The predicted molar refractivity (Wildman–Crippen MR) is 75.5 cm³/mol. The number of hydrogen-bond donors (Lipinski definition) is 1. The van der Waals surface area contributed by atoms with Gasteiger partial charge < -0.3 is 10.0 Å². The monoisotopic (exact) mass is 279 g/mol. The molecule has 0 radical (unpaired) electrons. The number of para-hydroxylation sites is 1. The number of thioether (sulfide) groups is 1. The first kappa shape index (κ1) is 13.9. The van der Waals surface area contributed by atoms with Gasteiger partial charge in [0.2, 0.25) is 5.91 Å². The van der Waals surface area contributed by atoms with E-state index < -0.39 is 11.9 Å². The van der Waals surface area contributed by atoms with Crippen molar-refractivity contribution in [2.24, 2.45) is 5.92 Å². The summed E-state index contributed by atoms with van der Waals surface area (Å²) < 4.78 is 0. The lowest BCUT2D eigenvalue weighted by atomic mass is 10.1. The summed E-state index contributed by atoms with van der Waals surface area (Å²) >= 11 is 1.68. The molecule has 1 aliphatic rings. The number of anilines is 1. The SMILES string of the molecule is CC(C)Sc1ccccc1N1CC(C(=O)O)CC1=O. The maximum absolute atomic E-state index is 12.0. The van der Waals surface area contributed by atoms with Gasteiger partial charge in [0.25, 0.3) is 0 Å². The molecule has 1 fully saturated rings. The third-order valence-electron chi connectivity index (χ3n) is 2.99. The van der Waals surface area contributed by atoms with Crippen LogP contribution in [0.25, 0.3) is 0 Å². The van der Waals surface area contributed by atoms with Crippen LogP contribution in [-0.2, 0) is 9.59 Å². The van der Waals surface area contributed by atoms with E-state index in [1.165, 1.54) is 0 Å². The first-order valence-electron chi connectivity index (χ1n) is 6.28. The molecule has 1 N–H and O–H groups in total. The van der Waals surface area contributed by atoms with E-state index in [0.717, 1.165) is 10.6 Å². The van der Waals surface area contributed by atoms with Crippen LogP contribution in [0, 0.1) is 5.92 Å². The highest BCUT2D eigenvalue weighted by molar-refractivity contribution is 8.00. The van der Waals surface area contributed by atoms with Crippen molar-refractivity contribution >= 4 is 29.3 Å². The van der Waals surface area contributed by atoms with Crippen LogP contribution in [0.15, 0.2) is 29.2 Å². The molecule has 1 atom stereocenters. The minimum Gasteiger partial charge on any atom is -0.481 e. The zero-order valence-corrected chi connectivity index (χ0v) is 11.8. The molecule has 0 bridgehead atoms. The molecule has 4 nitrogen and oxygen atoms in total. The molecule has 0 aromatic heterocycles. The van der Waals surface area contributed by atoms with Gasteiger partial charge in [0.05, 0.1) is 11.6 Å². The highest BCUT2D eigenvalue weighted by atomic mass is 32.2. The fraction of sp³-hybridized carbons (Fsp3) is 0.429. The molecule has 1 heterocycles. The van der Waals surface area contributed by atoms with Crippen molar-refractivity contribution in [3.05, 3.63) is 24.3 Å². The van der Waals surface area contributed by atoms with E-state index in [2.05, 4.69) is 13.8 Å². The molecule has 5 heteroatoms. The number of carboxylic acids is 1. The van der Waals surface area contributed by atoms with E-state index in [4.69, 9.17) is 5.11 Å². The molecular weight excluding hydrogens is 262 g/mol. The van der Waals surface area contributed by atoms with E-state index >= 15 is 0 Å². The fourth-order valence-electron chi connectivity index (χ4n) is 2.14. The van der Waals surface area contributed by atoms with Crippen LogP contribution in [0.5, 0.6) is 0 Å². The number of carbonyl (C=O) groups is 2. The van der Waals surface area contributed by atoms with Gasteiger partial charge in [0.15, 0.2) is 0 Å². The average molecular weight is 279 g/mol. The Balaban J connectivity index is 2.27. The van der Waals surface area contributed by atoms with Gasteiger partial charge in [-0.05, 0) is 12.1 Å². The van der Waals surface area contributed by atoms with Gasteiger partial charge in [-0.3, -0.25) is 9.59 Å². The third-order valence-corrected chi connectivity index (χ3v) is 4.06. The number of benzene rings is 1. The normalized spacial score (nSPS) is 19.2. The van der Waals surface area contributed by atoms with Gasteiger partial charge in [-0.2, -0.15) is 0 Å². The lowest BCUT2D eigenvalue weighted by Crippen LogP contribution is -2.26. The molecule has 19 heavy (non-hydrogen) atoms. The predicted octanol–water partition coefficient (Wildman–Crippen LogP) is 2.62. The third kappa shape index (κ3) is 3.10. The first-order valence-corrected chi connectivity index (χ1v) is 7.16. The number of amides is 1. The summed E-state index contributed by atoms with van der Waals surface area (Å²) in [5, 5.41) is 9.44. The van der Waals surface area contributed by atoms with Crippen molar-refractivity contribution in [2.45, 2.75) is 30.4 Å². The van der Waals surface area contributed by atoms with Crippen LogP contribution in [0.1, 0.15) is 20.3 Å². The Bertz CT molecular complexity index is 501. The summed E-state index contributed by atoms with van der Waals surface area (Å²) in [7, 11) is 0. The van der Waals surface area contributed by atoms with Crippen LogP contribution in [0.4, 0.5) is 5.69 Å². The molecule has 1 aromatic carbocycles. The van der Waals surface area contributed by atoms with Gasteiger partial charge in [0.1, 0.15) is 0 Å². The Morgan fingerprint density at radius 2 is 2.11 bits per heavy atom. The van der Waals surface area contributed by atoms with Crippen molar-refractivity contribution in [3.63, 3.8) is 0 Å². The standard InChI is InChI=1S/C14H17NO3S/c1-9(2)19-12-6-4-3-5-11(12)15-8-10(14(17)18)7-13(15)16/h3-6,9-10H,7-8H2,1-2H3,(H,17,18). The Morgan fingerprint density at radius 1 is 1.42 bits per heavy atom. The molecule has 102 valence electrons. The molecule has 0 spiro atoms. The van der Waals surface area contributed by atoms with Crippen molar-refractivity contribution in [1.29, 1.82) is 0 Å². The van der Waals surface area contributed by atoms with Gasteiger partial charge in [0, 0.05) is 23.1 Å². The lowest BCUT2D eigenvalue weighted by molar-refractivity contribution is -0.141. The van der Waals surface area contributed by atoms with Crippen LogP contribution < -0.4 is 4.90 Å². The van der Waals surface area contributed by atoms with E-state index in [-0.39, 0.29) is 18.9 Å². The van der Waals surface area contributed by atoms with Gasteiger partial charge in [-0.25, -0.2) is 0 Å². The van der Waals surface area contributed by atoms with Crippen LogP contribution in [0.2, 0.25) is 0 Å². The fourth-order valence-corrected chi connectivity index (χ4v) is 3.10. The van der Waals surface area contributed by atoms with Crippen molar-refractivity contribution in [2.75, 3.05) is 11.4 Å². The quantitative estimate of drug-likeness (QED) is 0.861. The molecule has 1 aromatic rings. The summed E-state index contributed by atoms with van der Waals surface area (Å²) in [4.78, 5) is 25.6. The van der Waals surface area contributed by atoms with Gasteiger partial charge >= 0.3 is 5.97 Å². The van der Waals surface area contributed by atoms with Crippen LogP contribution >= 0.6 is 11.8 Å². The second-order valence-electron chi connectivity index (χ2n) is 4.88. The highest BCUT2D eigenvalue weighted by Gasteiger charge is 2.35. The minimum atomic E-state index is -0.898. The summed E-state index contributed by atoms with van der Waals surface area (Å²) in [6.07, 6.45) is 0.0933. The molecule has 1 unspecified atom stereocenters. The Labute approximate surface area is 116 Å². The second kappa shape index (κ2) is 5.65. The lowest BCUT2D eigenvalue weighted by Gasteiger charge is -2.20. The first-order chi connectivity index (χ1) is 8.99. The number of rotatable bonds is 4. The smallest absolute Gasteiger partial charge is 0.308 e. The Hall–Kier alpha value is -1.49. The topological polar surface area (TPSA) is 57.6 Å². The number of carboxylic acid groups (broad SMARTS) is 1. The summed E-state index contributed by atoms with van der Waals surface area (Å²) in [5.41, 5.74) is 0.829. The maximum atomic E-state index is 12.0. The zero-order chi connectivity index (χ0) is 14.0. The van der Waals surface area contributed by atoms with E-state index in [9.17, 15) is 9.59 Å². The van der Waals surface area contributed by atoms with E-state index in [0.29, 0.717) is 5.25 Å². The Morgan fingerprint density at radius 3 is 2.68 bits per heavy atom. The molecule has 0 aliphatic carbocycles. The molecule has 1 amide bonds. The summed E-state index contributed by atoms with van der Waals surface area (Å²) in [5.74, 6) is -1.60. The number of hydrogen-bond acceptors (Lipinski definition) is 3. The zero-order valence-electron chi connectivity index (χ0n) is 11.0. The van der Waals surface area contributed by atoms with Crippen molar-refractivity contribution in [1.82, 2.24) is 0 Å². The summed E-state index contributed by atoms with van der Waals surface area (Å²) in [6.45, 7) is 4.45. The number of nitrogens with zero attached hydrogens (tertiary/aromatic N) is 1. The highest BCUT2D eigenvalue weighted by Crippen LogP contribution is 2.35. The maximum Gasteiger partial charge on any atom is 0.308 e. The Kier molecular flexibility index (Phi) is 4.14. The van der Waals surface area contributed by atoms with E-state index in [1.807, 2.05) is 24.3 Å². The molecule has 1 saturated heterocycles. The molecule has 0 saturated carbocycles. The van der Waals surface area contributed by atoms with E-state index in [1.54, 1.807) is 16.7 Å². The second-order valence-corrected chi connectivity index (χ2v) is 6.50. The number of carbonyl (C=O) groups excluding carboxylic acids is 1. The van der Waals surface area contributed by atoms with Crippen LogP contribution in [0.3, 0.4) is 0 Å². The van der Waals surface area contributed by atoms with Crippen molar-refractivity contribution < 1.29 is 14.7 Å². The molecular formula is C14H17NO3S. The van der Waals surface area contributed by atoms with Crippen molar-refractivity contribution in [3.8, 4) is 0 Å².